The molecule has 0 amide bonds. The van der Waals surface area contributed by atoms with Crippen molar-refractivity contribution >= 4 is 0 Å². The smallest absolute Gasteiger partial charge is 0.122 e. The van der Waals surface area contributed by atoms with E-state index in [-0.39, 0.29) is 0 Å². The molecule has 20 heavy (non-hydrogen) atoms. The quantitative estimate of drug-likeness (QED) is 0.905. The van der Waals surface area contributed by atoms with Crippen molar-refractivity contribution in [3.05, 3.63) is 59.9 Å². The van der Waals surface area contributed by atoms with Crippen LogP contribution in [0.4, 0.5) is 0 Å². The number of likely N-dealkylation sites (N-methyl/N-ethyl adjacent to an activating group) is 1. The Kier molecular flexibility index (Phi) is 3.97. The van der Waals surface area contributed by atoms with Gasteiger partial charge in [0, 0.05) is 35.8 Å². The molecule has 2 aromatic rings. The largest absolute Gasteiger partial charge is 0.493 e. The van der Waals surface area contributed by atoms with E-state index in [4.69, 9.17) is 4.74 Å². The molecule has 1 aliphatic rings. The van der Waals surface area contributed by atoms with Gasteiger partial charge in [0.05, 0.1) is 6.61 Å². The number of benzene rings is 1. The zero-order valence-corrected chi connectivity index (χ0v) is 11.8. The molecular formula is C17H20N2O. The molecule has 1 aromatic heterocycles. The summed E-state index contributed by atoms with van der Waals surface area (Å²) >= 11 is 0. The molecule has 1 aliphatic heterocycles. The number of nitrogens with zero attached hydrogens (tertiary/aromatic N) is 1. The van der Waals surface area contributed by atoms with Crippen LogP contribution in [0.2, 0.25) is 0 Å². The molecule has 3 nitrogen and oxygen atoms in total. The molecule has 1 aromatic carbocycles. The molecule has 2 atom stereocenters. The van der Waals surface area contributed by atoms with Crippen molar-refractivity contribution in [2.24, 2.45) is 0 Å². The van der Waals surface area contributed by atoms with Crippen LogP contribution >= 0.6 is 0 Å². The molecule has 0 spiro atoms. The van der Waals surface area contributed by atoms with Crippen LogP contribution in [0, 0.1) is 0 Å². The second kappa shape index (κ2) is 6.06. The average Bonchev–Trinajstić information content (AvgIpc) is 2.92. The third-order valence-electron chi connectivity index (χ3n) is 3.84. The van der Waals surface area contributed by atoms with Crippen molar-refractivity contribution in [3.8, 4) is 5.75 Å². The Bertz CT molecular complexity index is 556. The summed E-state index contributed by atoms with van der Waals surface area (Å²) < 4.78 is 5.82. The standard InChI is InChI=1S/C17H20N2O/c1-2-18-16(11-13-7-5-6-10-19-13)15-12-20-17-9-4-3-8-14(15)17/h3-10,15-16,18H,2,11-12H2,1H3. The summed E-state index contributed by atoms with van der Waals surface area (Å²) in [6.45, 7) is 3.85. The highest BCUT2D eigenvalue weighted by molar-refractivity contribution is 5.40. The van der Waals surface area contributed by atoms with E-state index in [2.05, 4.69) is 41.5 Å². The number of ether oxygens (including phenoxy) is 1. The first-order valence-electron chi connectivity index (χ1n) is 7.23. The second-order valence-corrected chi connectivity index (χ2v) is 5.14. The number of pyridine rings is 1. The van der Waals surface area contributed by atoms with Crippen LogP contribution in [0.3, 0.4) is 0 Å². The van der Waals surface area contributed by atoms with Gasteiger partial charge in [-0.2, -0.15) is 0 Å². The fourth-order valence-electron chi connectivity index (χ4n) is 2.88. The molecule has 3 rings (SSSR count). The molecule has 0 aliphatic carbocycles. The predicted octanol–water partition coefficient (Wildman–Crippen LogP) is 2.78. The Morgan fingerprint density at radius 1 is 1.25 bits per heavy atom. The predicted molar refractivity (Wildman–Crippen MR) is 80.1 cm³/mol. The highest BCUT2D eigenvalue weighted by Gasteiger charge is 2.30. The Labute approximate surface area is 120 Å². The maximum atomic E-state index is 5.82. The summed E-state index contributed by atoms with van der Waals surface area (Å²) in [6, 6.07) is 14.8. The molecule has 0 radical (unpaired) electrons. The van der Waals surface area contributed by atoms with Gasteiger partial charge in [0.25, 0.3) is 0 Å². The molecule has 2 unspecified atom stereocenters. The fourth-order valence-corrected chi connectivity index (χ4v) is 2.88. The normalized spacial score (nSPS) is 18.4. The van der Waals surface area contributed by atoms with E-state index in [0.29, 0.717) is 12.0 Å². The maximum absolute atomic E-state index is 5.82. The van der Waals surface area contributed by atoms with Gasteiger partial charge in [0.15, 0.2) is 0 Å². The summed E-state index contributed by atoms with van der Waals surface area (Å²) in [6.07, 6.45) is 2.79. The zero-order valence-electron chi connectivity index (χ0n) is 11.8. The SMILES string of the molecule is CCNC(Cc1ccccn1)C1COc2ccccc21. The Hall–Kier alpha value is -1.87. The molecule has 2 heterocycles. The summed E-state index contributed by atoms with van der Waals surface area (Å²) in [5, 5.41) is 3.59. The van der Waals surface area contributed by atoms with Crippen molar-refractivity contribution in [3.63, 3.8) is 0 Å². The van der Waals surface area contributed by atoms with Gasteiger partial charge in [-0.05, 0) is 24.7 Å². The van der Waals surface area contributed by atoms with Gasteiger partial charge in [-0.25, -0.2) is 0 Å². The molecule has 3 heteroatoms. The number of para-hydroxylation sites is 1. The minimum Gasteiger partial charge on any atom is -0.493 e. The second-order valence-electron chi connectivity index (χ2n) is 5.14. The van der Waals surface area contributed by atoms with Crippen LogP contribution in [0.1, 0.15) is 24.1 Å². The highest BCUT2D eigenvalue weighted by Crippen LogP contribution is 2.36. The minimum atomic E-state index is 0.360. The van der Waals surface area contributed by atoms with E-state index in [1.54, 1.807) is 0 Å². The third kappa shape index (κ3) is 2.68. The van der Waals surface area contributed by atoms with Crippen LogP contribution in [0.25, 0.3) is 0 Å². The summed E-state index contributed by atoms with van der Waals surface area (Å²) in [4.78, 5) is 4.45. The van der Waals surface area contributed by atoms with E-state index >= 15 is 0 Å². The summed E-state index contributed by atoms with van der Waals surface area (Å²) in [7, 11) is 0. The van der Waals surface area contributed by atoms with Gasteiger partial charge >= 0.3 is 0 Å². The van der Waals surface area contributed by atoms with Crippen LogP contribution in [-0.4, -0.2) is 24.2 Å². The molecule has 0 fully saturated rings. The lowest BCUT2D eigenvalue weighted by atomic mass is 9.90. The first-order valence-corrected chi connectivity index (χ1v) is 7.23. The highest BCUT2D eigenvalue weighted by atomic mass is 16.5. The van der Waals surface area contributed by atoms with Crippen molar-refractivity contribution < 1.29 is 4.74 Å². The first-order chi connectivity index (χ1) is 9.88. The number of fused-ring (bicyclic) bond motifs is 1. The van der Waals surface area contributed by atoms with Gasteiger partial charge in [0.1, 0.15) is 5.75 Å². The third-order valence-corrected chi connectivity index (χ3v) is 3.84. The molecule has 0 bridgehead atoms. The number of hydrogen-bond acceptors (Lipinski definition) is 3. The Morgan fingerprint density at radius 2 is 2.10 bits per heavy atom. The van der Waals surface area contributed by atoms with Crippen molar-refractivity contribution in [1.29, 1.82) is 0 Å². The van der Waals surface area contributed by atoms with E-state index < -0.39 is 0 Å². The van der Waals surface area contributed by atoms with Gasteiger partial charge in [-0.15, -0.1) is 0 Å². The van der Waals surface area contributed by atoms with Crippen LogP contribution in [0.5, 0.6) is 5.75 Å². The van der Waals surface area contributed by atoms with Gasteiger partial charge in [-0.1, -0.05) is 31.2 Å². The molecular weight excluding hydrogens is 248 g/mol. The lowest BCUT2D eigenvalue weighted by Crippen LogP contribution is -2.37. The number of hydrogen-bond donors (Lipinski definition) is 1. The summed E-state index contributed by atoms with van der Waals surface area (Å²) in [5.74, 6) is 1.43. The van der Waals surface area contributed by atoms with Crippen LogP contribution in [0.15, 0.2) is 48.7 Å². The summed E-state index contributed by atoms with van der Waals surface area (Å²) in [5.41, 5.74) is 2.44. The Balaban J connectivity index is 1.81. The number of aromatic nitrogens is 1. The van der Waals surface area contributed by atoms with Crippen LogP contribution < -0.4 is 10.1 Å². The van der Waals surface area contributed by atoms with E-state index in [9.17, 15) is 0 Å². The topological polar surface area (TPSA) is 34.2 Å². The monoisotopic (exact) mass is 268 g/mol. The molecule has 1 N–H and O–H groups in total. The van der Waals surface area contributed by atoms with Crippen molar-refractivity contribution in [2.45, 2.75) is 25.3 Å². The number of rotatable bonds is 5. The number of nitrogens with one attached hydrogen (secondary N) is 1. The molecule has 0 saturated carbocycles. The van der Waals surface area contributed by atoms with E-state index in [1.807, 2.05) is 24.4 Å². The van der Waals surface area contributed by atoms with Gasteiger partial charge in [0.2, 0.25) is 0 Å². The van der Waals surface area contributed by atoms with Crippen molar-refractivity contribution in [1.82, 2.24) is 10.3 Å². The average molecular weight is 268 g/mol. The maximum Gasteiger partial charge on any atom is 0.122 e. The lowest BCUT2D eigenvalue weighted by Gasteiger charge is -2.23. The Morgan fingerprint density at radius 3 is 2.90 bits per heavy atom. The van der Waals surface area contributed by atoms with E-state index in [1.165, 1.54) is 5.56 Å². The van der Waals surface area contributed by atoms with Crippen molar-refractivity contribution in [2.75, 3.05) is 13.2 Å². The fraction of sp³-hybridized carbons (Fsp3) is 0.353. The molecule has 0 saturated heterocycles. The zero-order chi connectivity index (χ0) is 13.8. The molecule has 104 valence electrons. The first kappa shape index (κ1) is 13.1. The van der Waals surface area contributed by atoms with Gasteiger partial charge < -0.3 is 10.1 Å². The minimum absolute atomic E-state index is 0.360. The lowest BCUT2D eigenvalue weighted by molar-refractivity contribution is 0.297. The van der Waals surface area contributed by atoms with E-state index in [0.717, 1.165) is 31.0 Å². The van der Waals surface area contributed by atoms with Crippen LogP contribution in [-0.2, 0) is 6.42 Å². The van der Waals surface area contributed by atoms with Gasteiger partial charge in [-0.3, -0.25) is 4.98 Å².